The average molecular weight is 537 g/mol. The van der Waals surface area contributed by atoms with Crippen molar-refractivity contribution >= 4 is 21.6 Å². The second-order valence-electron chi connectivity index (χ2n) is 9.58. The number of carbonyl (C=O) groups is 1. The molecule has 38 heavy (non-hydrogen) atoms. The lowest BCUT2D eigenvalue weighted by Gasteiger charge is -2.42. The first-order valence-corrected chi connectivity index (χ1v) is 14.2. The summed E-state index contributed by atoms with van der Waals surface area (Å²) in [7, 11) is -2.46. The van der Waals surface area contributed by atoms with E-state index in [1.54, 1.807) is 36.4 Å². The van der Waals surface area contributed by atoms with Gasteiger partial charge in [-0.25, -0.2) is 8.42 Å². The number of carbonyl (C=O) groups excluding carboxylic acids is 1. The Kier molecular flexibility index (Phi) is 6.96. The predicted molar refractivity (Wildman–Crippen MR) is 144 cm³/mol. The Morgan fingerprint density at radius 3 is 2.34 bits per heavy atom. The molecule has 2 aliphatic heterocycles. The van der Waals surface area contributed by atoms with E-state index in [0.717, 1.165) is 24.2 Å². The van der Waals surface area contributed by atoms with Gasteiger partial charge in [0.1, 0.15) is 22.8 Å². The van der Waals surface area contributed by atoms with Gasteiger partial charge in [-0.15, -0.1) is 0 Å². The van der Waals surface area contributed by atoms with Gasteiger partial charge in [0, 0.05) is 12.0 Å². The van der Waals surface area contributed by atoms with E-state index in [-0.39, 0.29) is 23.4 Å². The lowest BCUT2D eigenvalue weighted by molar-refractivity contribution is -0.129. The second-order valence-corrected chi connectivity index (χ2v) is 11.4. The molecule has 3 aromatic carbocycles. The van der Waals surface area contributed by atoms with Gasteiger partial charge in [0.2, 0.25) is 0 Å². The minimum Gasteiger partial charge on any atom is -0.497 e. The van der Waals surface area contributed by atoms with E-state index in [1.807, 2.05) is 24.3 Å². The van der Waals surface area contributed by atoms with Gasteiger partial charge in [-0.3, -0.25) is 9.10 Å². The number of para-hydroxylation sites is 3. The Morgan fingerprint density at radius 2 is 1.66 bits per heavy atom. The molecule has 1 N–H and O–H groups in total. The van der Waals surface area contributed by atoms with Gasteiger partial charge in [-0.05, 0) is 55.3 Å². The normalized spacial score (nSPS) is 19.8. The SMILES string of the molecule is CCC1(CC)C[C@H](NC(=O)[C@H]2CN(S(=O)(=O)c3ccc(OC)cc3)c3ccccc3O2)c2ccccc2O1. The van der Waals surface area contributed by atoms with Crippen molar-refractivity contribution < 1.29 is 27.4 Å². The molecule has 2 heterocycles. The number of ether oxygens (including phenoxy) is 3. The van der Waals surface area contributed by atoms with E-state index in [2.05, 4.69) is 19.2 Å². The Labute approximate surface area is 223 Å². The van der Waals surface area contributed by atoms with Crippen molar-refractivity contribution in [2.24, 2.45) is 0 Å². The van der Waals surface area contributed by atoms with E-state index in [1.165, 1.54) is 23.5 Å². The molecule has 0 spiro atoms. The fraction of sp³-hybridized carbons (Fsp3) is 0.345. The number of sulfonamides is 1. The summed E-state index contributed by atoms with van der Waals surface area (Å²) in [4.78, 5) is 13.8. The summed E-state index contributed by atoms with van der Waals surface area (Å²) in [6, 6.07) is 20.5. The van der Waals surface area contributed by atoms with Crippen molar-refractivity contribution in [3.8, 4) is 17.2 Å². The van der Waals surface area contributed by atoms with E-state index >= 15 is 0 Å². The molecule has 1 amide bonds. The van der Waals surface area contributed by atoms with Gasteiger partial charge in [-0.2, -0.15) is 0 Å². The molecule has 2 atom stereocenters. The molecule has 9 heteroatoms. The zero-order valence-electron chi connectivity index (χ0n) is 21.7. The highest BCUT2D eigenvalue weighted by Gasteiger charge is 2.42. The molecule has 3 aromatic rings. The average Bonchev–Trinajstić information content (AvgIpc) is 2.96. The third-order valence-corrected chi connectivity index (χ3v) is 9.27. The van der Waals surface area contributed by atoms with Crippen LogP contribution in [0.5, 0.6) is 17.2 Å². The molecule has 8 nitrogen and oxygen atoms in total. The predicted octanol–water partition coefficient (Wildman–Crippen LogP) is 4.85. The summed E-state index contributed by atoms with van der Waals surface area (Å²) in [6.07, 6.45) is 1.17. The van der Waals surface area contributed by atoms with Gasteiger partial charge in [0.05, 0.1) is 30.3 Å². The standard InChI is InChI=1S/C29H32N2O6S/c1-4-29(5-2)18-23(22-10-6-8-12-25(22)37-29)30-28(32)27-19-31(24-11-7-9-13-26(24)36-27)38(33,34)21-16-14-20(35-3)15-17-21/h6-17,23,27H,4-5,18-19H2,1-3H3,(H,30,32)/t23-,27+/m0/s1. The molecule has 0 saturated carbocycles. The summed E-state index contributed by atoms with van der Waals surface area (Å²) in [5, 5.41) is 3.14. The van der Waals surface area contributed by atoms with Crippen LogP contribution >= 0.6 is 0 Å². The first-order valence-electron chi connectivity index (χ1n) is 12.8. The second kappa shape index (κ2) is 10.2. The highest BCUT2D eigenvalue weighted by molar-refractivity contribution is 7.92. The highest BCUT2D eigenvalue weighted by atomic mass is 32.2. The molecule has 0 radical (unpaired) electrons. The van der Waals surface area contributed by atoms with Crippen molar-refractivity contribution in [2.45, 2.75) is 55.8 Å². The van der Waals surface area contributed by atoms with E-state index in [4.69, 9.17) is 14.2 Å². The van der Waals surface area contributed by atoms with Crippen molar-refractivity contribution in [1.29, 1.82) is 0 Å². The number of amides is 1. The van der Waals surface area contributed by atoms with Gasteiger partial charge in [-0.1, -0.05) is 44.2 Å². The Morgan fingerprint density at radius 1 is 1.00 bits per heavy atom. The first kappa shape index (κ1) is 25.9. The maximum Gasteiger partial charge on any atom is 0.264 e. The molecule has 0 saturated heterocycles. The molecule has 0 unspecified atom stereocenters. The summed E-state index contributed by atoms with van der Waals surface area (Å²) in [6.45, 7) is 4.01. The van der Waals surface area contributed by atoms with Gasteiger partial charge in [0.25, 0.3) is 15.9 Å². The fourth-order valence-electron chi connectivity index (χ4n) is 5.14. The minimum atomic E-state index is -3.98. The van der Waals surface area contributed by atoms with Crippen LogP contribution in [0.1, 0.15) is 44.7 Å². The van der Waals surface area contributed by atoms with Gasteiger partial charge in [0.15, 0.2) is 6.10 Å². The molecule has 5 rings (SSSR count). The number of nitrogens with one attached hydrogen (secondary N) is 1. The third kappa shape index (κ3) is 4.67. The van der Waals surface area contributed by atoms with Crippen molar-refractivity contribution in [1.82, 2.24) is 5.32 Å². The zero-order valence-corrected chi connectivity index (χ0v) is 22.5. The van der Waals surface area contributed by atoms with E-state index in [0.29, 0.717) is 23.6 Å². The smallest absolute Gasteiger partial charge is 0.264 e. The van der Waals surface area contributed by atoms with Crippen molar-refractivity contribution in [3.63, 3.8) is 0 Å². The molecular formula is C29H32N2O6S. The van der Waals surface area contributed by atoms with Crippen LogP contribution in [-0.2, 0) is 14.8 Å². The monoisotopic (exact) mass is 536 g/mol. The third-order valence-electron chi connectivity index (χ3n) is 7.48. The number of fused-ring (bicyclic) bond motifs is 2. The van der Waals surface area contributed by atoms with Crippen molar-refractivity contribution in [3.05, 3.63) is 78.4 Å². The molecular weight excluding hydrogens is 504 g/mol. The minimum absolute atomic E-state index is 0.100. The number of anilines is 1. The number of benzene rings is 3. The number of rotatable bonds is 7. The number of hydrogen-bond donors (Lipinski definition) is 1. The zero-order chi connectivity index (χ0) is 26.9. The van der Waals surface area contributed by atoms with Crippen LogP contribution < -0.4 is 23.8 Å². The van der Waals surface area contributed by atoms with Crippen LogP contribution in [0.2, 0.25) is 0 Å². The number of hydrogen-bond acceptors (Lipinski definition) is 6. The Hall–Kier alpha value is -3.72. The quantitative estimate of drug-likeness (QED) is 0.464. The van der Waals surface area contributed by atoms with Crippen LogP contribution in [0.25, 0.3) is 0 Å². The molecule has 0 aromatic heterocycles. The van der Waals surface area contributed by atoms with Gasteiger partial charge < -0.3 is 19.5 Å². The maximum atomic E-state index is 13.7. The highest BCUT2D eigenvalue weighted by Crippen LogP contribution is 2.43. The fourth-order valence-corrected chi connectivity index (χ4v) is 6.61. The molecule has 0 aliphatic carbocycles. The molecule has 0 fully saturated rings. The van der Waals surface area contributed by atoms with Crippen LogP contribution in [0, 0.1) is 0 Å². The molecule has 200 valence electrons. The number of methoxy groups -OCH3 is 1. The lowest BCUT2D eigenvalue weighted by atomic mass is 9.83. The largest absolute Gasteiger partial charge is 0.497 e. The van der Waals surface area contributed by atoms with Crippen LogP contribution in [-0.4, -0.2) is 39.7 Å². The molecule has 2 aliphatic rings. The summed E-state index contributed by atoms with van der Waals surface area (Å²) < 4.78 is 46.3. The van der Waals surface area contributed by atoms with Crippen LogP contribution in [0.15, 0.2) is 77.7 Å². The number of nitrogens with zero attached hydrogens (tertiary/aromatic N) is 1. The maximum absolute atomic E-state index is 13.7. The van der Waals surface area contributed by atoms with Gasteiger partial charge >= 0.3 is 0 Å². The first-order chi connectivity index (χ1) is 18.3. The molecule has 0 bridgehead atoms. The van der Waals surface area contributed by atoms with E-state index in [9.17, 15) is 13.2 Å². The van der Waals surface area contributed by atoms with Crippen LogP contribution in [0.4, 0.5) is 5.69 Å². The summed E-state index contributed by atoms with van der Waals surface area (Å²) >= 11 is 0. The topological polar surface area (TPSA) is 94.2 Å². The summed E-state index contributed by atoms with van der Waals surface area (Å²) in [5.41, 5.74) is 0.896. The Bertz CT molecular complexity index is 1420. The Balaban J connectivity index is 1.44. The lowest BCUT2D eigenvalue weighted by Crippen LogP contribution is -2.52. The van der Waals surface area contributed by atoms with Crippen LogP contribution in [0.3, 0.4) is 0 Å². The summed E-state index contributed by atoms with van der Waals surface area (Å²) in [5.74, 6) is 1.26. The van der Waals surface area contributed by atoms with E-state index < -0.39 is 21.7 Å². The van der Waals surface area contributed by atoms with Crippen molar-refractivity contribution in [2.75, 3.05) is 18.0 Å².